The highest BCUT2D eigenvalue weighted by molar-refractivity contribution is 5.29. The summed E-state index contributed by atoms with van der Waals surface area (Å²) in [7, 11) is 0. The summed E-state index contributed by atoms with van der Waals surface area (Å²) in [5, 5.41) is 3.36. The van der Waals surface area contributed by atoms with Crippen LogP contribution in [0, 0.1) is 12.8 Å². The Bertz CT molecular complexity index is 403. The molecule has 1 aromatic rings. The molecule has 1 saturated carbocycles. The first-order chi connectivity index (χ1) is 9.15. The number of aromatic nitrogens is 1. The van der Waals surface area contributed by atoms with Gasteiger partial charge in [-0.2, -0.15) is 0 Å². The first kappa shape index (κ1) is 14.3. The molecule has 106 valence electrons. The van der Waals surface area contributed by atoms with Crippen LogP contribution in [0.15, 0.2) is 12.1 Å². The number of nitrogens with one attached hydrogen (secondary N) is 1. The number of hydrogen-bond donors (Lipinski definition) is 1. The van der Waals surface area contributed by atoms with Gasteiger partial charge < -0.3 is 14.8 Å². The van der Waals surface area contributed by atoms with Gasteiger partial charge in [-0.25, -0.2) is 0 Å². The smallest absolute Gasteiger partial charge is 0.189 e. The highest BCUT2D eigenvalue weighted by Crippen LogP contribution is 2.28. The minimum atomic E-state index is 0.315. The molecule has 0 aliphatic heterocycles. The molecule has 0 bridgehead atoms. The molecule has 0 aromatic carbocycles. The monoisotopic (exact) mass is 264 g/mol. The molecule has 1 aliphatic rings. The quantitative estimate of drug-likeness (QED) is 0.579. The third kappa shape index (κ3) is 5.17. The first-order valence-corrected chi connectivity index (χ1v) is 7.05. The van der Waals surface area contributed by atoms with Crippen molar-refractivity contribution in [3.8, 4) is 5.75 Å². The fourth-order valence-electron chi connectivity index (χ4n) is 1.76. The molecule has 4 nitrogen and oxygen atoms in total. The predicted molar refractivity (Wildman–Crippen MR) is 75.1 cm³/mol. The minimum absolute atomic E-state index is 0.315. The van der Waals surface area contributed by atoms with Crippen LogP contribution < -0.4 is 10.1 Å². The number of ether oxygens (including phenoxy) is 2. The number of nitrogens with zero attached hydrogens (tertiary/aromatic N) is 1. The van der Waals surface area contributed by atoms with Gasteiger partial charge in [-0.05, 0) is 37.8 Å². The Kier molecular flexibility index (Phi) is 5.16. The predicted octanol–water partition coefficient (Wildman–Crippen LogP) is 2.65. The molecular formula is C15H24N2O2. The summed E-state index contributed by atoms with van der Waals surface area (Å²) in [5.74, 6) is 1.58. The third-order valence-electron chi connectivity index (χ3n) is 3.10. The highest BCUT2D eigenvalue weighted by atomic mass is 16.7. The zero-order valence-corrected chi connectivity index (χ0v) is 12.1. The summed E-state index contributed by atoms with van der Waals surface area (Å²) in [6, 6.07) is 4.37. The molecular weight excluding hydrogens is 240 g/mol. The van der Waals surface area contributed by atoms with Gasteiger partial charge in [-0.1, -0.05) is 13.8 Å². The van der Waals surface area contributed by atoms with Gasteiger partial charge in [-0.3, -0.25) is 4.98 Å². The van der Waals surface area contributed by atoms with Gasteiger partial charge in [0.25, 0.3) is 0 Å². The van der Waals surface area contributed by atoms with Crippen molar-refractivity contribution < 1.29 is 9.47 Å². The molecule has 1 heterocycles. The van der Waals surface area contributed by atoms with E-state index in [1.54, 1.807) is 0 Å². The van der Waals surface area contributed by atoms with Crippen molar-refractivity contribution in [3.05, 3.63) is 23.5 Å². The van der Waals surface area contributed by atoms with E-state index in [0.29, 0.717) is 12.8 Å². The molecule has 0 unspecified atom stereocenters. The van der Waals surface area contributed by atoms with E-state index < -0.39 is 0 Å². The Balaban J connectivity index is 1.85. The Morgan fingerprint density at radius 1 is 1.37 bits per heavy atom. The lowest BCUT2D eigenvalue weighted by Gasteiger charge is -2.13. The van der Waals surface area contributed by atoms with Crippen LogP contribution in [0.1, 0.15) is 38.1 Å². The van der Waals surface area contributed by atoms with E-state index in [9.17, 15) is 0 Å². The molecule has 19 heavy (non-hydrogen) atoms. The van der Waals surface area contributed by atoms with Crippen molar-refractivity contribution in [2.45, 2.75) is 46.2 Å². The van der Waals surface area contributed by atoms with Gasteiger partial charge in [0, 0.05) is 18.3 Å². The Labute approximate surface area is 115 Å². The van der Waals surface area contributed by atoms with Crippen LogP contribution in [0.4, 0.5) is 0 Å². The Morgan fingerprint density at radius 2 is 2.16 bits per heavy atom. The molecule has 1 N–H and O–H groups in total. The van der Waals surface area contributed by atoms with E-state index >= 15 is 0 Å². The van der Waals surface area contributed by atoms with E-state index in [2.05, 4.69) is 24.1 Å². The minimum Gasteiger partial charge on any atom is -0.466 e. The summed E-state index contributed by atoms with van der Waals surface area (Å²) in [6.45, 7) is 8.09. The normalized spacial score (nSPS) is 14.9. The van der Waals surface area contributed by atoms with Gasteiger partial charge >= 0.3 is 0 Å². The van der Waals surface area contributed by atoms with Crippen molar-refractivity contribution in [2.24, 2.45) is 5.92 Å². The van der Waals surface area contributed by atoms with Crippen LogP contribution in [0.2, 0.25) is 0 Å². The topological polar surface area (TPSA) is 43.4 Å². The lowest BCUT2D eigenvalue weighted by Crippen LogP contribution is -2.23. The summed E-state index contributed by atoms with van der Waals surface area (Å²) >= 11 is 0. The van der Waals surface area contributed by atoms with E-state index in [4.69, 9.17) is 9.47 Å². The largest absolute Gasteiger partial charge is 0.466 e. The summed E-state index contributed by atoms with van der Waals surface area (Å²) in [4.78, 5) is 4.53. The zero-order chi connectivity index (χ0) is 13.7. The number of pyridine rings is 1. The molecule has 1 aromatic heterocycles. The lowest BCUT2D eigenvalue weighted by atomic mass is 10.2. The van der Waals surface area contributed by atoms with Gasteiger partial charge in [0.1, 0.15) is 5.75 Å². The molecule has 4 heteroatoms. The molecule has 0 amide bonds. The molecule has 1 fully saturated rings. The second-order valence-electron chi connectivity index (χ2n) is 5.51. The Morgan fingerprint density at radius 3 is 2.84 bits per heavy atom. The van der Waals surface area contributed by atoms with Crippen molar-refractivity contribution in [3.63, 3.8) is 0 Å². The molecule has 0 radical (unpaired) electrons. The van der Waals surface area contributed by atoms with Crippen LogP contribution in [0.25, 0.3) is 0 Å². The van der Waals surface area contributed by atoms with Crippen LogP contribution in [-0.2, 0) is 11.3 Å². The van der Waals surface area contributed by atoms with Crippen molar-refractivity contribution in [1.82, 2.24) is 10.3 Å². The number of aryl methyl sites for hydroxylation is 1. The average molecular weight is 264 g/mol. The molecule has 2 rings (SSSR count). The maximum Gasteiger partial charge on any atom is 0.189 e. The summed E-state index contributed by atoms with van der Waals surface area (Å²) in [5.41, 5.74) is 1.95. The summed E-state index contributed by atoms with van der Waals surface area (Å²) < 4.78 is 11.2. The van der Waals surface area contributed by atoms with E-state index in [0.717, 1.165) is 36.2 Å². The average Bonchev–Trinajstić information content (AvgIpc) is 3.18. The van der Waals surface area contributed by atoms with Crippen molar-refractivity contribution in [2.75, 3.05) is 13.4 Å². The maximum absolute atomic E-state index is 5.68. The van der Waals surface area contributed by atoms with E-state index in [1.807, 2.05) is 19.1 Å². The fraction of sp³-hybridized carbons (Fsp3) is 0.667. The van der Waals surface area contributed by atoms with Crippen LogP contribution in [0.3, 0.4) is 0 Å². The SMILES string of the molecule is Cc1ccc(OCOCC2CC2)c(CNC(C)C)n1. The molecule has 0 atom stereocenters. The molecule has 0 spiro atoms. The second kappa shape index (κ2) is 6.87. The number of rotatable bonds is 8. The standard InChI is InChI=1S/C15H24N2O2/c1-11(2)16-8-14-15(7-4-12(3)17-14)19-10-18-9-13-5-6-13/h4,7,11,13,16H,5-6,8-10H2,1-3H3. The summed E-state index contributed by atoms with van der Waals surface area (Å²) in [6.07, 6.45) is 2.60. The van der Waals surface area contributed by atoms with Gasteiger partial charge in [0.2, 0.25) is 0 Å². The lowest BCUT2D eigenvalue weighted by molar-refractivity contribution is 0.00913. The first-order valence-electron chi connectivity index (χ1n) is 7.05. The maximum atomic E-state index is 5.68. The fourth-order valence-corrected chi connectivity index (χ4v) is 1.76. The van der Waals surface area contributed by atoms with Crippen molar-refractivity contribution in [1.29, 1.82) is 0 Å². The van der Waals surface area contributed by atoms with E-state index in [-0.39, 0.29) is 0 Å². The zero-order valence-electron chi connectivity index (χ0n) is 12.1. The van der Waals surface area contributed by atoms with E-state index in [1.165, 1.54) is 12.8 Å². The Hall–Kier alpha value is -1.13. The van der Waals surface area contributed by atoms with Crippen LogP contribution in [-0.4, -0.2) is 24.4 Å². The third-order valence-corrected chi connectivity index (χ3v) is 3.10. The van der Waals surface area contributed by atoms with Gasteiger partial charge in [0.15, 0.2) is 6.79 Å². The van der Waals surface area contributed by atoms with Crippen LogP contribution >= 0.6 is 0 Å². The second-order valence-corrected chi connectivity index (χ2v) is 5.51. The molecule has 1 aliphatic carbocycles. The molecule has 0 saturated heterocycles. The van der Waals surface area contributed by atoms with Crippen molar-refractivity contribution >= 4 is 0 Å². The number of hydrogen-bond acceptors (Lipinski definition) is 4. The van der Waals surface area contributed by atoms with Crippen LogP contribution in [0.5, 0.6) is 5.75 Å². The van der Waals surface area contributed by atoms with Gasteiger partial charge in [0.05, 0.1) is 12.3 Å². The van der Waals surface area contributed by atoms with Gasteiger partial charge in [-0.15, -0.1) is 0 Å². The highest BCUT2D eigenvalue weighted by Gasteiger charge is 2.21.